The van der Waals surface area contributed by atoms with Crippen LogP contribution in [0.3, 0.4) is 0 Å². The third kappa shape index (κ3) is 4.01. The summed E-state index contributed by atoms with van der Waals surface area (Å²) in [5.74, 6) is -0.143. The Morgan fingerprint density at radius 3 is 2.48 bits per heavy atom. The van der Waals surface area contributed by atoms with Crippen molar-refractivity contribution in [1.29, 1.82) is 0 Å². The minimum absolute atomic E-state index is 0.0126. The van der Waals surface area contributed by atoms with Crippen LogP contribution in [0.15, 0.2) is 59.7 Å². The van der Waals surface area contributed by atoms with Crippen LogP contribution in [0.4, 0.5) is 10.1 Å². The number of nitrogens with one attached hydrogen (secondary N) is 1. The van der Waals surface area contributed by atoms with Crippen molar-refractivity contribution in [3.63, 3.8) is 0 Å². The molecule has 1 saturated heterocycles. The van der Waals surface area contributed by atoms with E-state index >= 15 is 0 Å². The number of benzene rings is 2. The van der Waals surface area contributed by atoms with E-state index in [9.17, 15) is 9.18 Å². The van der Waals surface area contributed by atoms with Gasteiger partial charge >= 0.3 is 0 Å². The molecule has 4 rings (SSSR count). The number of piperazine rings is 1. The summed E-state index contributed by atoms with van der Waals surface area (Å²) in [7, 11) is 0. The van der Waals surface area contributed by atoms with Crippen LogP contribution in [0.25, 0.3) is 0 Å². The van der Waals surface area contributed by atoms with Crippen LogP contribution < -0.4 is 9.80 Å². The first kappa shape index (κ1) is 17.7. The fraction of sp³-hybridized carbons (Fsp3) is 0.333. The van der Waals surface area contributed by atoms with Crippen molar-refractivity contribution >= 4 is 17.8 Å². The molecule has 0 aliphatic carbocycles. The Balaban J connectivity index is 1.33. The Hall–Kier alpha value is -2.73. The summed E-state index contributed by atoms with van der Waals surface area (Å²) in [6.45, 7) is 3.95. The van der Waals surface area contributed by atoms with Gasteiger partial charge in [0, 0.05) is 18.3 Å². The van der Waals surface area contributed by atoms with E-state index in [1.54, 1.807) is 5.01 Å². The lowest BCUT2D eigenvalue weighted by Gasteiger charge is -2.34. The van der Waals surface area contributed by atoms with E-state index in [0.717, 1.165) is 43.9 Å². The van der Waals surface area contributed by atoms with Crippen molar-refractivity contribution in [3.05, 3.63) is 66.0 Å². The lowest BCUT2D eigenvalue weighted by atomic mass is 10.0. The maximum Gasteiger partial charge on any atom is 0.298 e. The summed E-state index contributed by atoms with van der Waals surface area (Å²) >= 11 is 0. The Kier molecular flexibility index (Phi) is 5.16. The second-order valence-corrected chi connectivity index (χ2v) is 7.09. The molecule has 0 bridgehead atoms. The number of hydrogen-bond acceptors (Lipinski definition) is 3. The molecule has 140 valence electrons. The zero-order valence-corrected chi connectivity index (χ0v) is 15.2. The minimum Gasteiger partial charge on any atom is -0.360 e. The van der Waals surface area contributed by atoms with Crippen LogP contribution in [0.1, 0.15) is 18.0 Å². The van der Waals surface area contributed by atoms with Crippen LogP contribution in [-0.2, 0) is 4.79 Å². The molecule has 2 aromatic carbocycles. The van der Waals surface area contributed by atoms with Crippen molar-refractivity contribution in [2.45, 2.75) is 12.5 Å². The van der Waals surface area contributed by atoms with Crippen LogP contribution >= 0.6 is 0 Å². The lowest BCUT2D eigenvalue weighted by molar-refractivity contribution is -0.892. The van der Waals surface area contributed by atoms with Crippen LogP contribution in [0, 0.1) is 5.82 Å². The Morgan fingerprint density at radius 2 is 1.78 bits per heavy atom. The molecule has 0 unspecified atom stereocenters. The van der Waals surface area contributed by atoms with Gasteiger partial charge in [-0.1, -0.05) is 30.3 Å². The molecule has 1 N–H and O–H groups in total. The van der Waals surface area contributed by atoms with Gasteiger partial charge in [-0.3, -0.25) is 4.79 Å². The molecule has 5 nitrogen and oxygen atoms in total. The Bertz CT molecular complexity index is 801. The maximum atomic E-state index is 13.1. The second kappa shape index (κ2) is 7.88. The lowest BCUT2D eigenvalue weighted by Crippen LogP contribution is -3.15. The molecule has 1 fully saturated rings. The first-order valence-electron chi connectivity index (χ1n) is 9.44. The van der Waals surface area contributed by atoms with Gasteiger partial charge in [0.05, 0.1) is 32.2 Å². The summed E-state index contributed by atoms with van der Waals surface area (Å²) in [4.78, 5) is 16.3. The number of quaternary nitrogens is 1. The molecule has 0 radical (unpaired) electrons. The topological polar surface area (TPSA) is 40.4 Å². The van der Waals surface area contributed by atoms with Gasteiger partial charge in [0.1, 0.15) is 5.82 Å². The van der Waals surface area contributed by atoms with Crippen molar-refractivity contribution in [2.24, 2.45) is 5.10 Å². The average molecular weight is 367 g/mol. The highest BCUT2D eigenvalue weighted by atomic mass is 19.1. The van der Waals surface area contributed by atoms with Gasteiger partial charge in [0.15, 0.2) is 6.54 Å². The number of anilines is 1. The molecule has 0 saturated carbocycles. The van der Waals surface area contributed by atoms with E-state index in [-0.39, 0.29) is 17.8 Å². The molecule has 1 amide bonds. The summed E-state index contributed by atoms with van der Waals surface area (Å²) in [5, 5.41) is 5.98. The monoisotopic (exact) mass is 367 g/mol. The van der Waals surface area contributed by atoms with Crippen LogP contribution in [0.5, 0.6) is 0 Å². The molecular formula is C21H24FN4O+. The zero-order valence-electron chi connectivity index (χ0n) is 15.2. The van der Waals surface area contributed by atoms with Gasteiger partial charge in [-0.05, 0) is 29.8 Å². The highest BCUT2D eigenvalue weighted by Gasteiger charge is 2.31. The van der Waals surface area contributed by atoms with E-state index in [4.69, 9.17) is 0 Å². The molecule has 2 heterocycles. The average Bonchev–Trinajstić information content (AvgIpc) is 3.20. The number of carbonyl (C=O) groups excluding carboxylic acids is 1. The van der Waals surface area contributed by atoms with Gasteiger partial charge < -0.3 is 9.80 Å². The SMILES string of the molecule is O=C(C[NH+]1CCN(c2ccc(F)cc2)CC1)N1N=CC[C@@H]1c1ccccc1. The van der Waals surface area contributed by atoms with Gasteiger partial charge in [0.2, 0.25) is 0 Å². The van der Waals surface area contributed by atoms with E-state index in [2.05, 4.69) is 10.0 Å². The van der Waals surface area contributed by atoms with Crippen molar-refractivity contribution < 1.29 is 14.1 Å². The van der Waals surface area contributed by atoms with E-state index in [1.165, 1.54) is 17.0 Å². The van der Waals surface area contributed by atoms with Gasteiger partial charge in [-0.15, -0.1) is 0 Å². The summed E-state index contributed by atoms with van der Waals surface area (Å²) in [6, 6.07) is 16.7. The van der Waals surface area contributed by atoms with E-state index in [0.29, 0.717) is 6.54 Å². The molecule has 27 heavy (non-hydrogen) atoms. The molecular weight excluding hydrogens is 343 g/mol. The van der Waals surface area contributed by atoms with Gasteiger partial charge in [-0.2, -0.15) is 5.10 Å². The summed E-state index contributed by atoms with van der Waals surface area (Å²) in [6.07, 6.45) is 2.60. The maximum absolute atomic E-state index is 13.1. The molecule has 2 aliphatic heterocycles. The number of rotatable bonds is 4. The molecule has 0 aromatic heterocycles. The fourth-order valence-electron chi connectivity index (χ4n) is 3.81. The molecule has 2 aromatic rings. The molecule has 1 atom stereocenters. The number of amides is 1. The number of nitrogens with zero attached hydrogens (tertiary/aromatic N) is 3. The van der Waals surface area contributed by atoms with Gasteiger partial charge in [-0.25, -0.2) is 9.40 Å². The third-order valence-electron chi connectivity index (χ3n) is 5.33. The number of hydrogen-bond donors (Lipinski definition) is 1. The largest absolute Gasteiger partial charge is 0.360 e. The molecule has 2 aliphatic rings. The quantitative estimate of drug-likeness (QED) is 0.890. The van der Waals surface area contributed by atoms with Crippen molar-refractivity contribution in [1.82, 2.24) is 5.01 Å². The third-order valence-corrected chi connectivity index (χ3v) is 5.33. The first-order chi connectivity index (χ1) is 13.2. The van der Waals surface area contributed by atoms with Crippen molar-refractivity contribution in [3.8, 4) is 0 Å². The zero-order chi connectivity index (χ0) is 18.6. The highest BCUT2D eigenvalue weighted by Crippen LogP contribution is 2.27. The molecule has 6 heteroatoms. The first-order valence-corrected chi connectivity index (χ1v) is 9.44. The highest BCUT2D eigenvalue weighted by molar-refractivity contribution is 5.80. The second-order valence-electron chi connectivity index (χ2n) is 7.09. The summed E-state index contributed by atoms with van der Waals surface area (Å²) in [5.41, 5.74) is 2.16. The smallest absolute Gasteiger partial charge is 0.298 e. The predicted molar refractivity (Wildman–Crippen MR) is 103 cm³/mol. The van der Waals surface area contributed by atoms with E-state index < -0.39 is 0 Å². The predicted octanol–water partition coefficient (Wildman–Crippen LogP) is 1.49. The normalized spacial score (nSPS) is 20.3. The number of carbonyl (C=O) groups is 1. The molecule has 0 spiro atoms. The van der Waals surface area contributed by atoms with Gasteiger partial charge in [0.25, 0.3) is 5.91 Å². The number of halogens is 1. The summed E-state index contributed by atoms with van der Waals surface area (Å²) < 4.78 is 13.1. The Labute approximate surface area is 158 Å². The standard InChI is InChI=1S/C21H23FN4O/c22-18-6-8-19(9-7-18)25-14-12-24(13-15-25)16-21(27)26-20(10-11-23-26)17-4-2-1-3-5-17/h1-9,11,20H,10,12-16H2/p+1/t20-/m1/s1. The fourth-order valence-corrected chi connectivity index (χ4v) is 3.81. The minimum atomic E-state index is -0.215. The van der Waals surface area contributed by atoms with Crippen LogP contribution in [0.2, 0.25) is 0 Å². The van der Waals surface area contributed by atoms with Crippen LogP contribution in [-0.4, -0.2) is 49.9 Å². The number of hydrazone groups is 1. The van der Waals surface area contributed by atoms with Crippen molar-refractivity contribution in [2.75, 3.05) is 37.6 Å². The van der Waals surface area contributed by atoms with E-state index in [1.807, 2.05) is 48.7 Å². The Morgan fingerprint density at radius 1 is 1.07 bits per heavy atom.